The Hall–Kier alpha value is -2.08. The standard InChI is InChI=1S/C17H23NO5/c1-2-3-4-10-23-14-7-5-13(6-8-14)16(19)18-9-11-22-12-15(18)17(20)21/h5-8,15H,2-4,9-12H2,1H3,(H,20,21). The Bertz CT molecular complexity index is 528. The lowest BCUT2D eigenvalue weighted by Gasteiger charge is -2.32. The summed E-state index contributed by atoms with van der Waals surface area (Å²) in [5, 5.41) is 9.20. The van der Waals surface area contributed by atoms with Crippen LogP contribution in [0.5, 0.6) is 5.75 Å². The number of rotatable bonds is 7. The van der Waals surface area contributed by atoms with Crippen LogP contribution < -0.4 is 4.74 Å². The van der Waals surface area contributed by atoms with Gasteiger partial charge in [0.15, 0.2) is 6.04 Å². The smallest absolute Gasteiger partial charge is 0.328 e. The average molecular weight is 321 g/mol. The second-order valence-corrected chi connectivity index (χ2v) is 5.51. The van der Waals surface area contributed by atoms with E-state index in [2.05, 4.69) is 6.92 Å². The minimum Gasteiger partial charge on any atom is -0.494 e. The van der Waals surface area contributed by atoms with Crippen molar-refractivity contribution in [1.82, 2.24) is 4.90 Å². The molecule has 1 aliphatic heterocycles. The number of unbranched alkanes of at least 4 members (excludes halogenated alkanes) is 2. The van der Waals surface area contributed by atoms with E-state index in [0.29, 0.717) is 18.8 Å². The molecule has 6 heteroatoms. The molecule has 0 spiro atoms. The number of morpholine rings is 1. The summed E-state index contributed by atoms with van der Waals surface area (Å²) in [5.41, 5.74) is 0.457. The van der Waals surface area contributed by atoms with Crippen LogP contribution in [0.3, 0.4) is 0 Å². The molecule has 1 amide bonds. The molecule has 2 rings (SSSR count). The molecule has 1 saturated heterocycles. The molecular formula is C17H23NO5. The summed E-state index contributed by atoms with van der Waals surface area (Å²) in [6.07, 6.45) is 3.27. The first-order chi connectivity index (χ1) is 11.1. The van der Waals surface area contributed by atoms with Crippen molar-refractivity contribution >= 4 is 11.9 Å². The molecule has 0 aromatic heterocycles. The number of aliphatic carboxylic acids is 1. The summed E-state index contributed by atoms with van der Waals surface area (Å²) < 4.78 is 10.8. The van der Waals surface area contributed by atoms with E-state index in [1.54, 1.807) is 24.3 Å². The van der Waals surface area contributed by atoms with Crippen molar-refractivity contribution in [3.63, 3.8) is 0 Å². The van der Waals surface area contributed by atoms with E-state index >= 15 is 0 Å². The summed E-state index contributed by atoms with van der Waals surface area (Å²) in [4.78, 5) is 25.1. The van der Waals surface area contributed by atoms with E-state index in [4.69, 9.17) is 9.47 Å². The molecule has 6 nitrogen and oxygen atoms in total. The number of carboxylic acids is 1. The fraction of sp³-hybridized carbons (Fsp3) is 0.529. The van der Waals surface area contributed by atoms with Gasteiger partial charge < -0.3 is 19.5 Å². The Morgan fingerprint density at radius 1 is 1.30 bits per heavy atom. The zero-order chi connectivity index (χ0) is 16.7. The van der Waals surface area contributed by atoms with Crippen molar-refractivity contribution in [1.29, 1.82) is 0 Å². The first-order valence-electron chi connectivity index (χ1n) is 7.98. The van der Waals surface area contributed by atoms with Crippen LogP contribution >= 0.6 is 0 Å². The number of carbonyl (C=O) groups excluding carboxylic acids is 1. The Morgan fingerprint density at radius 3 is 2.70 bits per heavy atom. The number of amides is 1. The van der Waals surface area contributed by atoms with Crippen molar-refractivity contribution in [2.24, 2.45) is 0 Å². The van der Waals surface area contributed by atoms with Crippen LogP contribution in [-0.2, 0) is 9.53 Å². The third-order valence-corrected chi connectivity index (χ3v) is 3.79. The van der Waals surface area contributed by atoms with Crippen molar-refractivity contribution in [2.45, 2.75) is 32.2 Å². The molecule has 1 atom stereocenters. The Labute approximate surface area is 136 Å². The second kappa shape index (κ2) is 8.53. The molecule has 1 N–H and O–H groups in total. The fourth-order valence-corrected chi connectivity index (χ4v) is 2.45. The molecule has 1 unspecified atom stereocenters. The first kappa shape index (κ1) is 17.3. The molecule has 0 bridgehead atoms. The molecule has 0 aliphatic carbocycles. The zero-order valence-corrected chi connectivity index (χ0v) is 13.4. The normalized spacial score (nSPS) is 17.8. The molecule has 1 aliphatic rings. The maximum absolute atomic E-state index is 12.5. The summed E-state index contributed by atoms with van der Waals surface area (Å²) in [7, 11) is 0. The largest absolute Gasteiger partial charge is 0.494 e. The van der Waals surface area contributed by atoms with Gasteiger partial charge in [-0.3, -0.25) is 4.79 Å². The van der Waals surface area contributed by atoms with E-state index in [9.17, 15) is 14.7 Å². The minimum atomic E-state index is -1.05. The number of ether oxygens (including phenoxy) is 2. The van der Waals surface area contributed by atoms with Crippen LogP contribution in [0.4, 0.5) is 0 Å². The van der Waals surface area contributed by atoms with Crippen LogP contribution in [0, 0.1) is 0 Å². The number of nitrogens with zero attached hydrogens (tertiary/aromatic N) is 1. The van der Waals surface area contributed by atoms with E-state index in [0.717, 1.165) is 25.0 Å². The highest BCUT2D eigenvalue weighted by molar-refractivity contribution is 5.96. The molecule has 1 heterocycles. The maximum Gasteiger partial charge on any atom is 0.328 e. The van der Waals surface area contributed by atoms with Gasteiger partial charge >= 0.3 is 5.97 Å². The molecule has 1 aromatic rings. The van der Waals surface area contributed by atoms with E-state index in [1.165, 1.54) is 4.90 Å². The number of benzene rings is 1. The molecular weight excluding hydrogens is 298 g/mol. The highest BCUT2D eigenvalue weighted by Gasteiger charge is 2.33. The van der Waals surface area contributed by atoms with Crippen molar-refractivity contribution in [3.8, 4) is 5.75 Å². The summed E-state index contributed by atoms with van der Waals surface area (Å²) in [6.45, 7) is 3.46. The average Bonchev–Trinajstić information content (AvgIpc) is 2.58. The van der Waals surface area contributed by atoms with E-state index in [1.807, 2.05) is 0 Å². The highest BCUT2D eigenvalue weighted by atomic mass is 16.5. The third-order valence-electron chi connectivity index (χ3n) is 3.79. The maximum atomic E-state index is 12.5. The quantitative estimate of drug-likeness (QED) is 0.779. The number of carbonyl (C=O) groups is 2. The molecule has 0 radical (unpaired) electrons. The van der Waals surface area contributed by atoms with Gasteiger partial charge in [0.1, 0.15) is 5.75 Å². The lowest BCUT2D eigenvalue weighted by Crippen LogP contribution is -2.52. The molecule has 1 aromatic carbocycles. The first-order valence-corrected chi connectivity index (χ1v) is 7.98. The van der Waals surface area contributed by atoms with Gasteiger partial charge in [-0.25, -0.2) is 4.79 Å². The lowest BCUT2D eigenvalue weighted by atomic mass is 10.1. The zero-order valence-electron chi connectivity index (χ0n) is 13.4. The van der Waals surface area contributed by atoms with Gasteiger partial charge in [0, 0.05) is 12.1 Å². The van der Waals surface area contributed by atoms with Crippen molar-refractivity contribution < 1.29 is 24.2 Å². The van der Waals surface area contributed by atoms with E-state index in [-0.39, 0.29) is 19.1 Å². The van der Waals surface area contributed by atoms with Crippen LogP contribution in [0.2, 0.25) is 0 Å². The topological polar surface area (TPSA) is 76.1 Å². The second-order valence-electron chi connectivity index (χ2n) is 5.51. The molecule has 1 fully saturated rings. The Balaban J connectivity index is 1.97. The summed E-state index contributed by atoms with van der Waals surface area (Å²) in [5.74, 6) is -0.624. The monoisotopic (exact) mass is 321 g/mol. The SMILES string of the molecule is CCCCCOc1ccc(C(=O)N2CCOCC2C(=O)O)cc1. The predicted molar refractivity (Wildman–Crippen MR) is 84.7 cm³/mol. The van der Waals surface area contributed by atoms with Gasteiger partial charge in [-0.15, -0.1) is 0 Å². The molecule has 23 heavy (non-hydrogen) atoms. The number of hydrogen-bond donors (Lipinski definition) is 1. The third kappa shape index (κ3) is 4.69. The Kier molecular flexibility index (Phi) is 6.40. The lowest BCUT2D eigenvalue weighted by molar-refractivity contribution is -0.147. The molecule has 126 valence electrons. The van der Waals surface area contributed by atoms with Crippen LogP contribution in [0.15, 0.2) is 24.3 Å². The Morgan fingerprint density at radius 2 is 2.04 bits per heavy atom. The van der Waals surface area contributed by atoms with Crippen LogP contribution in [0.25, 0.3) is 0 Å². The van der Waals surface area contributed by atoms with Crippen molar-refractivity contribution in [2.75, 3.05) is 26.4 Å². The number of hydrogen-bond acceptors (Lipinski definition) is 4. The minimum absolute atomic E-state index is 0.0275. The van der Waals surface area contributed by atoms with E-state index < -0.39 is 12.0 Å². The van der Waals surface area contributed by atoms with Gasteiger partial charge in [0.05, 0.1) is 19.8 Å². The van der Waals surface area contributed by atoms with Gasteiger partial charge in [-0.2, -0.15) is 0 Å². The highest BCUT2D eigenvalue weighted by Crippen LogP contribution is 2.17. The summed E-state index contributed by atoms with van der Waals surface area (Å²) >= 11 is 0. The van der Waals surface area contributed by atoms with Gasteiger partial charge in [0.2, 0.25) is 0 Å². The number of carboxylic acid groups (broad SMARTS) is 1. The van der Waals surface area contributed by atoms with Crippen molar-refractivity contribution in [3.05, 3.63) is 29.8 Å². The van der Waals surface area contributed by atoms with Crippen LogP contribution in [0.1, 0.15) is 36.5 Å². The van der Waals surface area contributed by atoms with Gasteiger partial charge in [-0.05, 0) is 30.7 Å². The van der Waals surface area contributed by atoms with Gasteiger partial charge in [0.25, 0.3) is 5.91 Å². The van der Waals surface area contributed by atoms with Crippen LogP contribution in [-0.4, -0.2) is 54.3 Å². The summed E-state index contributed by atoms with van der Waals surface area (Å²) in [6, 6.07) is 5.91. The predicted octanol–water partition coefficient (Wildman–Crippen LogP) is 2.18. The van der Waals surface area contributed by atoms with Gasteiger partial charge in [-0.1, -0.05) is 19.8 Å². The molecule has 0 saturated carbocycles. The fourth-order valence-electron chi connectivity index (χ4n) is 2.45.